The largest absolute Gasteiger partial charge is 0.496 e. The maximum Gasteiger partial charge on any atom is 0.399 e. The number of aromatic nitrogens is 1. The maximum absolute atomic E-state index is 5.56. The molecule has 0 saturated carbocycles. The number of nitrogens with one attached hydrogen (secondary N) is 1. The van der Waals surface area contributed by atoms with Crippen molar-refractivity contribution in [1.29, 1.82) is 0 Å². The van der Waals surface area contributed by atoms with E-state index in [0.29, 0.717) is 23.8 Å². The fraction of sp³-hybridized carbons (Fsp3) is 0.357. The van der Waals surface area contributed by atoms with Gasteiger partial charge in [0.25, 0.3) is 0 Å². The van der Waals surface area contributed by atoms with Gasteiger partial charge in [-0.2, -0.15) is 4.98 Å². The maximum atomic E-state index is 5.56. The zero-order chi connectivity index (χ0) is 14.4. The summed E-state index contributed by atoms with van der Waals surface area (Å²) < 4.78 is 21.2. The monoisotopic (exact) mass is 278 g/mol. The lowest BCUT2D eigenvalue weighted by Gasteiger charge is -2.07. The van der Waals surface area contributed by atoms with E-state index >= 15 is 0 Å². The van der Waals surface area contributed by atoms with Gasteiger partial charge in [0.2, 0.25) is 0 Å². The Morgan fingerprint density at radius 2 is 1.75 bits per heavy atom. The molecule has 0 aliphatic heterocycles. The summed E-state index contributed by atoms with van der Waals surface area (Å²) in [4.78, 5) is 4.22. The second-order valence-electron chi connectivity index (χ2n) is 4.04. The van der Waals surface area contributed by atoms with Gasteiger partial charge in [-0.25, -0.2) is 0 Å². The molecule has 0 saturated heterocycles. The van der Waals surface area contributed by atoms with Crippen molar-refractivity contribution >= 4 is 0 Å². The highest BCUT2D eigenvalue weighted by Crippen LogP contribution is 2.30. The van der Waals surface area contributed by atoms with Crippen LogP contribution in [0.2, 0.25) is 0 Å². The summed E-state index contributed by atoms with van der Waals surface area (Å²) in [6, 6.07) is 5.23. The Bertz CT molecular complexity index is 532. The van der Waals surface area contributed by atoms with Crippen molar-refractivity contribution in [1.82, 2.24) is 10.3 Å². The van der Waals surface area contributed by atoms with E-state index in [1.165, 1.54) is 0 Å². The van der Waals surface area contributed by atoms with Gasteiger partial charge in [0.1, 0.15) is 23.5 Å². The molecule has 2 aromatic rings. The molecule has 1 aromatic heterocycles. The van der Waals surface area contributed by atoms with Gasteiger partial charge in [-0.05, 0) is 6.54 Å². The minimum Gasteiger partial charge on any atom is -0.496 e. The third-order valence-electron chi connectivity index (χ3n) is 2.62. The van der Waals surface area contributed by atoms with Crippen LogP contribution in [0.5, 0.6) is 23.3 Å². The summed E-state index contributed by atoms with van der Waals surface area (Å²) in [7, 11) is 3.16. The van der Waals surface area contributed by atoms with E-state index < -0.39 is 0 Å². The number of oxazole rings is 1. The van der Waals surface area contributed by atoms with E-state index in [0.717, 1.165) is 12.2 Å². The van der Waals surface area contributed by atoms with Crippen LogP contribution in [0.25, 0.3) is 0 Å². The first-order valence-corrected chi connectivity index (χ1v) is 6.31. The molecule has 108 valence electrons. The predicted octanol–water partition coefficient (Wildman–Crippen LogP) is 2.59. The molecule has 1 N–H and O–H groups in total. The average Bonchev–Trinajstić information content (AvgIpc) is 2.92. The fourth-order valence-electron chi connectivity index (χ4n) is 1.61. The van der Waals surface area contributed by atoms with E-state index in [2.05, 4.69) is 10.3 Å². The predicted molar refractivity (Wildman–Crippen MR) is 73.5 cm³/mol. The Kier molecular flexibility index (Phi) is 4.84. The number of benzene rings is 1. The molecule has 0 bridgehead atoms. The summed E-state index contributed by atoms with van der Waals surface area (Å²) in [5.41, 5.74) is 0.789. The zero-order valence-electron chi connectivity index (χ0n) is 11.8. The highest BCUT2D eigenvalue weighted by molar-refractivity contribution is 5.42. The topological polar surface area (TPSA) is 65.8 Å². The summed E-state index contributed by atoms with van der Waals surface area (Å²) >= 11 is 0. The van der Waals surface area contributed by atoms with Gasteiger partial charge >= 0.3 is 6.08 Å². The number of hydrogen-bond acceptors (Lipinski definition) is 6. The minimum atomic E-state index is 0.188. The molecule has 1 heterocycles. The van der Waals surface area contributed by atoms with Crippen LogP contribution in [0.15, 0.2) is 28.9 Å². The number of ether oxygens (including phenoxy) is 3. The first kappa shape index (κ1) is 14.2. The van der Waals surface area contributed by atoms with Crippen molar-refractivity contribution in [2.75, 3.05) is 20.8 Å². The van der Waals surface area contributed by atoms with Crippen LogP contribution >= 0.6 is 0 Å². The lowest BCUT2D eigenvalue weighted by molar-refractivity contribution is 0.325. The van der Waals surface area contributed by atoms with Crippen molar-refractivity contribution in [3.05, 3.63) is 30.2 Å². The Balaban J connectivity index is 2.10. The Morgan fingerprint density at radius 1 is 1.10 bits per heavy atom. The molecule has 6 nitrogen and oxygen atoms in total. The molecule has 1 aromatic carbocycles. The summed E-state index contributed by atoms with van der Waals surface area (Å²) in [5, 5.41) is 3.16. The normalized spacial score (nSPS) is 10.3. The van der Waals surface area contributed by atoms with Gasteiger partial charge in [0, 0.05) is 24.7 Å². The third-order valence-corrected chi connectivity index (χ3v) is 2.62. The average molecular weight is 278 g/mol. The molecule has 0 aliphatic rings. The smallest absolute Gasteiger partial charge is 0.399 e. The Morgan fingerprint density at radius 3 is 2.35 bits per heavy atom. The second-order valence-corrected chi connectivity index (χ2v) is 4.04. The van der Waals surface area contributed by atoms with Crippen LogP contribution in [0.4, 0.5) is 0 Å². The number of hydrogen-bond donors (Lipinski definition) is 1. The first-order chi connectivity index (χ1) is 9.75. The number of nitrogens with zero attached hydrogens (tertiary/aromatic N) is 1. The molecular weight excluding hydrogens is 260 g/mol. The van der Waals surface area contributed by atoms with E-state index in [-0.39, 0.29) is 6.08 Å². The summed E-state index contributed by atoms with van der Waals surface area (Å²) in [6.45, 7) is 3.54. The van der Waals surface area contributed by atoms with E-state index in [9.17, 15) is 0 Å². The molecule has 0 amide bonds. The number of rotatable bonds is 7. The van der Waals surface area contributed by atoms with Crippen molar-refractivity contribution in [3.63, 3.8) is 0 Å². The van der Waals surface area contributed by atoms with Crippen molar-refractivity contribution in [3.8, 4) is 23.3 Å². The quantitative estimate of drug-likeness (QED) is 0.839. The highest BCUT2D eigenvalue weighted by atomic mass is 16.6. The summed E-state index contributed by atoms with van der Waals surface area (Å²) in [6.07, 6.45) is 1.75. The molecule has 2 rings (SSSR count). The molecule has 0 spiro atoms. The van der Waals surface area contributed by atoms with Crippen LogP contribution in [0.1, 0.15) is 12.6 Å². The highest BCUT2D eigenvalue weighted by Gasteiger charge is 2.09. The van der Waals surface area contributed by atoms with Crippen LogP contribution in [-0.2, 0) is 6.54 Å². The van der Waals surface area contributed by atoms with Crippen LogP contribution in [-0.4, -0.2) is 25.7 Å². The molecular formula is C14H18N2O4. The van der Waals surface area contributed by atoms with Gasteiger partial charge in [0.15, 0.2) is 0 Å². The summed E-state index contributed by atoms with van der Waals surface area (Å²) in [5.74, 6) is 1.82. The first-order valence-electron chi connectivity index (χ1n) is 6.31. The van der Waals surface area contributed by atoms with E-state index in [1.807, 2.05) is 6.92 Å². The molecule has 0 unspecified atom stereocenters. The van der Waals surface area contributed by atoms with Gasteiger partial charge in [-0.1, -0.05) is 6.92 Å². The lowest BCUT2D eigenvalue weighted by atomic mass is 10.3. The zero-order valence-corrected chi connectivity index (χ0v) is 11.8. The van der Waals surface area contributed by atoms with Crippen molar-refractivity contribution < 1.29 is 18.6 Å². The lowest BCUT2D eigenvalue weighted by Crippen LogP contribution is -2.11. The van der Waals surface area contributed by atoms with E-state index in [1.54, 1.807) is 38.7 Å². The molecule has 6 heteroatoms. The number of methoxy groups -OCH3 is 2. The SMILES string of the molecule is CCNCc1coc(Oc2cc(OC)cc(OC)c2)n1. The van der Waals surface area contributed by atoms with Crippen molar-refractivity contribution in [2.24, 2.45) is 0 Å². The van der Waals surface area contributed by atoms with Gasteiger partial charge in [-0.15, -0.1) is 0 Å². The Hall–Kier alpha value is -2.21. The molecule has 0 atom stereocenters. The van der Waals surface area contributed by atoms with Gasteiger partial charge in [-0.3, -0.25) is 0 Å². The molecule has 0 fully saturated rings. The molecule has 0 radical (unpaired) electrons. The van der Waals surface area contributed by atoms with Crippen LogP contribution < -0.4 is 19.5 Å². The third kappa shape index (κ3) is 3.64. The van der Waals surface area contributed by atoms with Crippen LogP contribution in [0.3, 0.4) is 0 Å². The van der Waals surface area contributed by atoms with Gasteiger partial charge < -0.3 is 23.9 Å². The second kappa shape index (κ2) is 6.81. The van der Waals surface area contributed by atoms with Crippen molar-refractivity contribution in [2.45, 2.75) is 13.5 Å². The molecule has 0 aliphatic carbocycles. The minimum absolute atomic E-state index is 0.188. The van der Waals surface area contributed by atoms with Crippen LogP contribution in [0, 0.1) is 0 Å². The standard InChI is InChI=1S/C14H18N2O4/c1-4-15-8-10-9-19-14(16-10)20-13-6-11(17-2)5-12(7-13)18-3/h5-7,9,15H,4,8H2,1-3H3. The Labute approximate surface area is 117 Å². The van der Waals surface area contributed by atoms with E-state index in [4.69, 9.17) is 18.6 Å². The fourth-order valence-corrected chi connectivity index (χ4v) is 1.61. The molecule has 20 heavy (non-hydrogen) atoms. The van der Waals surface area contributed by atoms with Gasteiger partial charge in [0.05, 0.1) is 19.9 Å².